The monoisotopic (exact) mass is 221 g/mol. The highest BCUT2D eigenvalue weighted by molar-refractivity contribution is 6.36. The lowest BCUT2D eigenvalue weighted by Gasteiger charge is -2.19. The fourth-order valence-corrected chi connectivity index (χ4v) is 1.24. The Hall–Kier alpha value is -1.84. The molecule has 4 nitrogen and oxygen atoms in total. The molecule has 0 aliphatic heterocycles. The molecule has 0 spiro atoms. The van der Waals surface area contributed by atoms with Crippen LogP contribution in [0.2, 0.25) is 0 Å². The first-order valence-corrected chi connectivity index (χ1v) is 4.95. The Kier molecular flexibility index (Phi) is 3.32. The number of amides is 1. The van der Waals surface area contributed by atoms with Gasteiger partial charge in [0.05, 0.1) is 0 Å². The molecule has 0 atom stereocenters. The minimum atomic E-state index is -1.49. The van der Waals surface area contributed by atoms with Gasteiger partial charge in [-0.3, -0.25) is 4.79 Å². The lowest BCUT2D eigenvalue weighted by Crippen LogP contribution is -2.21. The summed E-state index contributed by atoms with van der Waals surface area (Å²) in [6.07, 6.45) is 0. The van der Waals surface area contributed by atoms with Gasteiger partial charge in [-0.25, -0.2) is 4.79 Å². The number of nitrogens with one attached hydrogen (secondary N) is 1. The second-order valence-corrected chi connectivity index (χ2v) is 4.59. The van der Waals surface area contributed by atoms with Crippen molar-refractivity contribution < 1.29 is 14.7 Å². The first-order chi connectivity index (χ1) is 7.30. The van der Waals surface area contributed by atoms with Crippen LogP contribution in [0.4, 0.5) is 5.69 Å². The molecule has 1 aromatic carbocycles. The van der Waals surface area contributed by atoms with Gasteiger partial charge in [0.15, 0.2) is 0 Å². The van der Waals surface area contributed by atoms with E-state index in [0.717, 1.165) is 5.56 Å². The van der Waals surface area contributed by atoms with Crippen molar-refractivity contribution in [2.75, 3.05) is 5.32 Å². The van der Waals surface area contributed by atoms with Crippen molar-refractivity contribution in [3.8, 4) is 0 Å². The van der Waals surface area contributed by atoms with Crippen LogP contribution in [0, 0.1) is 0 Å². The normalized spacial score (nSPS) is 10.9. The van der Waals surface area contributed by atoms with Gasteiger partial charge in [0.25, 0.3) is 0 Å². The maximum Gasteiger partial charge on any atom is 0.394 e. The molecule has 0 aliphatic rings. The number of carbonyl (C=O) groups excluding carboxylic acids is 1. The van der Waals surface area contributed by atoms with Crippen LogP contribution >= 0.6 is 0 Å². The number of aliphatic carboxylic acids is 1. The van der Waals surface area contributed by atoms with Crippen LogP contribution in [0.5, 0.6) is 0 Å². The van der Waals surface area contributed by atoms with Crippen molar-refractivity contribution in [1.29, 1.82) is 0 Å². The van der Waals surface area contributed by atoms with Crippen LogP contribution in [0.3, 0.4) is 0 Å². The standard InChI is InChI=1S/C12H15NO3/c1-12(2,3)8-4-6-9(7-5-8)13-10(14)11(15)16/h4-7H,1-3H3,(H,13,14)(H,15,16). The molecule has 1 aromatic rings. The number of rotatable bonds is 1. The van der Waals surface area contributed by atoms with E-state index in [-0.39, 0.29) is 5.41 Å². The average Bonchev–Trinajstić information content (AvgIpc) is 2.17. The number of anilines is 1. The van der Waals surface area contributed by atoms with Gasteiger partial charge in [0, 0.05) is 5.69 Å². The quantitative estimate of drug-likeness (QED) is 0.713. The highest BCUT2D eigenvalue weighted by Gasteiger charge is 2.14. The molecule has 0 aliphatic carbocycles. The number of hydrogen-bond acceptors (Lipinski definition) is 2. The molecular formula is C12H15NO3. The zero-order chi connectivity index (χ0) is 12.3. The second kappa shape index (κ2) is 4.35. The number of carbonyl (C=O) groups is 2. The summed E-state index contributed by atoms with van der Waals surface area (Å²) in [4.78, 5) is 21.2. The summed E-state index contributed by atoms with van der Waals surface area (Å²) in [6.45, 7) is 6.24. The Morgan fingerprint density at radius 2 is 1.62 bits per heavy atom. The van der Waals surface area contributed by atoms with Crippen LogP contribution in [0.1, 0.15) is 26.3 Å². The predicted octanol–water partition coefficient (Wildman–Crippen LogP) is 2.01. The summed E-state index contributed by atoms with van der Waals surface area (Å²) in [5, 5.41) is 10.7. The largest absolute Gasteiger partial charge is 0.474 e. The topological polar surface area (TPSA) is 66.4 Å². The molecule has 0 aromatic heterocycles. The zero-order valence-corrected chi connectivity index (χ0v) is 9.57. The smallest absolute Gasteiger partial charge is 0.394 e. The van der Waals surface area contributed by atoms with Gasteiger partial charge in [-0.2, -0.15) is 0 Å². The molecule has 0 saturated heterocycles. The summed E-state index contributed by atoms with van der Waals surface area (Å²) in [5.74, 6) is -2.51. The summed E-state index contributed by atoms with van der Waals surface area (Å²) in [7, 11) is 0. The van der Waals surface area contributed by atoms with Gasteiger partial charge in [-0.1, -0.05) is 32.9 Å². The molecule has 0 bridgehead atoms. The Balaban J connectivity index is 2.80. The van der Waals surface area contributed by atoms with E-state index in [2.05, 4.69) is 26.1 Å². The lowest BCUT2D eigenvalue weighted by molar-refractivity contribution is -0.147. The molecule has 86 valence electrons. The van der Waals surface area contributed by atoms with Crippen LogP contribution in [0.15, 0.2) is 24.3 Å². The van der Waals surface area contributed by atoms with Crippen LogP contribution < -0.4 is 5.32 Å². The van der Waals surface area contributed by atoms with Crippen LogP contribution in [-0.2, 0) is 15.0 Å². The molecule has 1 amide bonds. The maximum atomic E-state index is 10.9. The molecule has 0 radical (unpaired) electrons. The number of carboxylic acid groups (broad SMARTS) is 1. The van der Waals surface area contributed by atoms with Gasteiger partial charge in [0.2, 0.25) is 0 Å². The molecular weight excluding hydrogens is 206 g/mol. The van der Waals surface area contributed by atoms with E-state index in [0.29, 0.717) is 5.69 Å². The SMILES string of the molecule is CC(C)(C)c1ccc(NC(=O)C(=O)O)cc1. The summed E-state index contributed by atoms with van der Waals surface area (Å²) < 4.78 is 0. The minimum absolute atomic E-state index is 0.0370. The molecule has 0 fully saturated rings. The first-order valence-electron chi connectivity index (χ1n) is 4.95. The van der Waals surface area contributed by atoms with Crippen LogP contribution in [0.25, 0.3) is 0 Å². The van der Waals surface area contributed by atoms with E-state index in [1.807, 2.05) is 12.1 Å². The molecule has 0 saturated carbocycles. The fourth-order valence-electron chi connectivity index (χ4n) is 1.24. The first kappa shape index (κ1) is 12.2. The third kappa shape index (κ3) is 3.08. The Morgan fingerprint density at radius 1 is 1.12 bits per heavy atom. The highest BCUT2D eigenvalue weighted by atomic mass is 16.4. The number of hydrogen-bond donors (Lipinski definition) is 2. The van der Waals surface area contributed by atoms with E-state index in [1.165, 1.54) is 0 Å². The molecule has 0 unspecified atom stereocenters. The van der Waals surface area contributed by atoms with Crippen molar-refractivity contribution in [3.63, 3.8) is 0 Å². The molecule has 2 N–H and O–H groups in total. The summed E-state index contributed by atoms with van der Waals surface area (Å²) >= 11 is 0. The molecule has 0 heterocycles. The summed E-state index contributed by atoms with van der Waals surface area (Å²) in [5.41, 5.74) is 1.65. The van der Waals surface area contributed by atoms with Gasteiger partial charge >= 0.3 is 11.9 Å². The van der Waals surface area contributed by atoms with Crippen molar-refractivity contribution in [2.45, 2.75) is 26.2 Å². The Bertz CT molecular complexity index is 401. The molecule has 16 heavy (non-hydrogen) atoms. The number of benzene rings is 1. The Morgan fingerprint density at radius 3 is 2.00 bits per heavy atom. The minimum Gasteiger partial charge on any atom is -0.474 e. The van der Waals surface area contributed by atoms with Crippen molar-refractivity contribution >= 4 is 17.6 Å². The third-order valence-corrected chi connectivity index (χ3v) is 2.20. The lowest BCUT2D eigenvalue weighted by atomic mass is 9.87. The van der Waals surface area contributed by atoms with Crippen molar-refractivity contribution in [3.05, 3.63) is 29.8 Å². The summed E-state index contributed by atoms with van der Waals surface area (Å²) in [6, 6.07) is 7.14. The van der Waals surface area contributed by atoms with Gasteiger partial charge in [-0.05, 0) is 23.1 Å². The molecule has 1 rings (SSSR count). The van der Waals surface area contributed by atoms with Gasteiger partial charge in [0.1, 0.15) is 0 Å². The third-order valence-electron chi connectivity index (χ3n) is 2.20. The van der Waals surface area contributed by atoms with E-state index in [4.69, 9.17) is 5.11 Å². The highest BCUT2D eigenvalue weighted by Crippen LogP contribution is 2.23. The van der Waals surface area contributed by atoms with E-state index < -0.39 is 11.9 Å². The van der Waals surface area contributed by atoms with Crippen molar-refractivity contribution in [1.82, 2.24) is 0 Å². The maximum absolute atomic E-state index is 10.9. The average molecular weight is 221 g/mol. The van der Waals surface area contributed by atoms with Gasteiger partial charge in [-0.15, -0.1) is 0 Å². The number of carboxylic acids is 1. The predicted molar refractivity (Wildman–Crippen MR) is 61.4 cm³/mol. The zero-order valence-electron chi connectivity index (χ0n) is 9.57. The van der Waals surface area contributed by atoms with Gasteiger partial charge < -0.3 is 10.4 Å². The van der Waals surface area contributed by atoms with Crippen molar-refractivity contribution in [2.24, 2.45) is 0 Å². The Labute approximate surface area is 94.3 Å². The van der Waals surface area contributed by atoms with Crippen LogP contribution in [-0.4, -0.2) is 17.0 Å². The van der Waals surface area contributed by atoms with E-state index in [9.17, 15) is 9.59 Å². The van der Waals surface area contributed by atoms with E-state index >= 15 is 0 Å². The second-order valence-electron chi connectivity index (χ2n) is 4.59. The molecule has 4 heteroatoms. The van der Waals surface area contributed by atoms with E-state index in [1.54, 1.807) is 12.1 Å². The fraction of sp³-hybridized carbons (Fsp3) is 0.333.